The van der Waals surface area contributed by atoms with Crippen LogP contribution in [0.2, 0.25) is 0 Å². The summed E-state index contributed by atoms with van der Waals surface area (Å²) in [6.07, 6.45) is 0. The van der Waals surface area contributed by atoms with Crippen molar-refractivity contribution in [1.29, 1.82) is 0 Å². The van der Waals surface area contributed by atoms with Gasteiger partial charge < -0.3 is 15.2 Å². The minimum absolute atomic E-state index is 0.0476. The molecule has 0 spiro atoms. The normalized spacial score (nSPS) is 10.3. The van der Waals surface area contributed by atoms with E-state index in [4.69, 9.17) is 15.2 Å². The average molecular weight is 318 g/mol. The maximum Gasteiger partial charge on any atom is 0.361 e. The van der Waals surface area contributed by atoms with Gasteiger partial charge in [-0.3, -0.25) is 0 Å². The van der Waals surface area contributed by atoms with E-state index in [9.17, 15) is 9.59 Å². The number of hydrogen-bond acceptors (Lipinski definition) is 7. The molecule has 0 saturated carbocycles. The number of aromatic nitrogens is 3. The maximum atomic E-state index is 12.2. The zero-order valence-corrected chi connectivity index (χ0v) is 13.0. The molecule has 0 saturated heterocycles. The zero-order valence-electron chi connectivity index (χ0n) is 13.0. The van der Waals surface area contributed by atoms with Crippen molar-refractivity contribution in [2.45, 2.75) is 20.4 Å². The second-order valence-corrected chi connectivity index (χ2v) is 4.58. The van der Waals surface area contributed by atoms with Crippen molar-refractivity contribution < 1.29 is 19.1 Å². The zero-order chi connectivity index (χ0) is 16.8. The number of hydrogen-bond donors (Lipinski definition) is 1. The van der Waals surface area contributed by atoms with Crippen LogP contribution in [0.25, 0.3) is 0 Å². The highest BCUT2D eigenvalue weighted by atomic mass is 16.5. The molecule has 1 heterocycles. The molecule has 2 rings (SSSR count). The van der Waals surface area contributed by atoms with E-state index in [1.165, 1.54) is 4.68 Å². The second-order valence-electron chi connectivity index (χ2n) is 4.58. The fourth-order valence-corrected chi connectivity index (χ4v) is 2.00. The fourth-order valence-electron chi connectivity index (χ4n) is 2.00. The first kappa shape index (κ1) is 16.5. The molecule has 8 nitrogen and oxygen atoms in total. The molecule has 0 aliphatic carbocycles. The molecule has 1 aromatic heterocycles. The van der Waals surface area contributed by atoms with Gasteiger partial charge in [0.05, 0.1) is 19.8 Å². The molecule has 8 heteroatoms. The van der Waals surface area contributed by atoms with Gasteiger partial charge in [0.15, 0.2) is 5.69 Å². The standard InChI is InChI=1S/C15H18N4O4/c1-3-22-14(20)12-13(15(21)23-4-2)19(18-17-12)9-10-7-5-6-8-11(10)16/h5-8H,3-4,9,16H2,1-2H3. The van der Waals surface area contributed by atoms with Gasteiger partial charge in [-0.1, -0.05) is 23.4 Å². The Morgan fingerprint density at radius 3 is 2.43 bits per heavy atom. The Hall–Kier alpha value is -2.90. The van der Waals surface area contributed by atoms with Gasteiger partial charge in [0.1, 0.15) is 0 Å². The smallest absolute Gasteiger partial charge is 0.361 e. The van der Waals surface area contributed by atoms with E-state index in [0.29, 0.717) is 5.69 Å². The monoisotopic (exact) mass is 318 g/mol. The molecule has 1 aromatic carbocycles. The summed E-state index contributed by atoms with van der Waals surface area (Å²) in [4.78, 5) is 24.1. The van der Waals surface area contributed by atoms with Gasteiger partial charge in [-0.05, 0) is 25.5 Å². The molecule has 0 atom stereocenters. The number of para-hydroxylation sites is 1. The summed E-state index contributed by atoms with van der Waals surface area (Å²) in [6, 6.07) is 7.16. The minimum atomic E-state index is -0.720. The van der Waals surface area contributed by atoms with Gasteiger partial charge in [0, 0.05) is 5.69 Å². The van der Waals surface area contributed by atoms with Crippen LogP contribution in [-0.4, -0.2) is 40.1 Å². The van der Waals surface area contributed by atoms with Crippen molar-refractivity contribution in [3.8, 4) is 0 Å². The van der Waals surface area contributed by atoms with Crippen molar-refractivity contribution >= 4 is 17.6 Å². The number of ether oxygens (including phenoxy) is 2. The lowest BCUT2D eigenvalue weighted by Gasteiger charge is -2.09. The highest BCUT2D eigenvalue weighted by Crippen LogP contribution is 2.16. The summed E-state index contributed by atoms with van der Waals surface area (Å²) < 4.78 is 11.2. The molecular weight excluding hydrogens is 300 g/mol. The van der Waals surface area contributed by atoms with E-state index in [0.717, 1.165) is 5.56 Å². The molecule has 0 bridgehead atoms. The lowest BCUT2D eigenvalue weighted by Crippen LogP contribution is -2.18. The SMILES string of the molecule is CCOC(=O)c1nnn(Cc2ccccc2N)c1C(=O)OCC. The molecule has 0 unspecified atom stereocenters. The predicted molar refractivity (Wildman–Crippen MR) is 81.9 cm³/mol. The third-order valence-corrected chi connectivity index (χ3v) is 3.05. The Bertz CT molecular complexity index is 711. The maximum absolute atomic E-state index is 12.2. The van der Waals surface area contributed by atoms with Crippen molar-refractivity contribution in [3.05, 3.63) is 41.2 Å². The van der Waals surface area contributed by atoms with E-state index >= 15 is 0 Å². The van der Waals surface area contributed by atoms with Crippen LogP contribution in [-0.2, 0) is 16.0 Å². The number of benzene rings is 1. The van der Waals surface area contributed by atoms with Crippen LogP contribution in [0.5, 0.6) is 0 Å². The van der Waals surface area contributed by atoms with Gasteiger partial charge >= 0.3 is 11.9 Å². The largest absolute Gasteiger partial charge is 0.461 e. The number of nitrogen functional groups attached to an aromatic ring is 1. The highest BCUT2D eigenvalue weighted by Gasteiger charge is 2.27. The highest BCUT2D eigenvalue weighted by molar-refractivity contribution is 6.00. The van der Waals surface area contributed by atoms with E-state index in [2.05, 4.69) is 10.3 Å². The van der Waals surface area contributed by atoms with Crippen LogP contribution < -0.4 is 5.73 Å². The molecule has 0 fully saturated rings. The van der Waals surface area contributed by atoms with Crippen molar-refractivity contribution in [2.75, 3.05) is 18.9 Å². The van der Waals surface area contributed by atoms with E-state index in [-0.39, 0.29) is 31.1 Å². The number of nitrogens with zero attached hydrogens (tertiary/aromatic N) is 3. The number of rotatable bonds is 6. The van der Waals surface area contributed by atoms with Crippen LogP contribution in [0, 0.1) is 0 Å². The molecule has 0 amide bonds. The van der Waals surface area contributed by atoms with Crippen molar-refractivity contribution in [2.24, 2.45) is 0 Å². The molecule has 2 aromatic rings. The van der Waals surface area contributed by atoms with Crippen LogP contribution in [0.3, 0.4) is 0 Å². The minimum Gasteiger partial charge on any atom is -0.461 e. The summed E-state index contributed by atoms with van der Waals surface area (Å²) in [5, 5.41) is 7.63. The van der Waals surface area contributed by atoms with Crippen LogP contribution in [0.1, 0.15) is 40.4 Å². The Balaban J connectivity index is 2.41. The summed E-state index contributed by atoms with van der Waals surface area (Å²) in [5.41, 5.74) is 6.98. The predicted octanol–water partition coefficient (Wildman–Crippen LogP) is 1.26. The number of nitrogens with two attached hydrogens (primary N) is 1. The molecule has 0 aliphatic heterocycles. The molecule has 122 valence electrons. The Kier molecular flexibility index (Phi) is 5.29. The third kappa shape index (κ3) is 3.65. The average Bonchev–Trinajstić information content (AvgIpc) is 2.94. The molecule has 2 N–H and O–H groups in total. The van der Waals surface area contributed by atoms with Crippen molar-refractivity contribution in [3.63, 3.8) is 0 Å². The van der Waals surface area contributed by atoms with E-state index in [1.54, 1.807) is 32.0 Å². The summed E-state index contributed by atoms with van der Waals surface area (Å²) >= 11 is 0. The Morgan fingerprint density at radius 1 is 1.13 bits per heavy atom. The Morgan fingerprint density at radius 2 is 1.78 bits per heavy atom. The number of anilines is 1. The second kappa shape index (κ2) is 7.39. The van der Waals surface area contributed by atoms with Crippen LogP contribution in [0.15, 0.2) is 24.3 Å². The van der Waals surface area contributed by atoms with Gasteiger partial charge in [-0.15, -0.1) is 5.10 Å². The summed E-state index contributed by atoms with van der Waals surface area (Å²) in [5.74, 6) is -1.40. The molecule has 0 aliphatic rings. The van der Waals surface area contributed by atoms with E-state index in [1.807, 2.05) is 6.07 Å². The fraction of sp³-hybridized carbons (Fsp3) is 0.333. The van der Waals surface area contributed by atoms with Crippen LogP contribution in [0.4, 0.5) is 5.69 Å². The molecule has 23 heavy (non-hydrogen) atoms. The molecular formula is C15H18N4O4. The Labute approximate surface area is 133 Å². The first-order valence-electron chi connectivity index (χ1n) is 7.19. The summed E-state index contributed by atoms with van der Waals surface area (Å²) in [6.45, 7) is 3.86. The topological polar surface area (TPSA) is 109 Å². The van der Waals surface area contributed by atoms with Gasteiger partial charge in [-0.2, -0.15) is 0 Å². The number of carbonyl (C=O) groups is 2. The lowest BCUT2D eigenvalue weighted by atomic mass is 10.2. The first-order valence-corrected chi connectivity index (χ1v) is 7.19. The molecule has 0 radical (unpaired) electrons. The number of carbonyl (C=O) groups excluding carboxylic acids is 2. The van der Waals surface area contributed by atoms with Gasteiger partial charge in [0.2, 0.25) is 5.69 Å². The van der Waals surface area contributed by atoms with Gasteiger partial charge in [0.25, 0.3) is 0 Å². The third-order valence-electron chi connectivity index (χ3n) is 3.05. The summed E-state index contributed by atoms with van der Waals surface area (Å²) in [7, 11) is 0. The number of esters is 2. The van der Waals surface area contributed by atoms with Gasteiger partial charge in [-0.25, -0.2) is 14.3 Å². The quantitative estimate of drug-likeness (QED) is 0.630. The lowest BCUT2D eigenvalue weighted by molar-refractivity contribution is 0.0467. The first-order chi connectivity index (χ1) is 11.1. The van der Waals surface area contributed by atoms with Crippen LogP contribution >= 0.6 is 0 Å². The van der Waals surface area contributed by atoms with E-state index < -0.39 is 11.9 Å². The van der Waals surface area contributed by atoms with Crippen molar-refractivity contribution in [1.82, 2.24) is 15.0 Å².